The van der Waals surface area contributed by atoms with E-state index in [0.29, 0.717) is 5.69 Å². The van der Waals surface area contributed by atoms with E-state index >= 15 is 0 Å². The molecular formula is C6H10N2O2S. The summed E-state index contributed by atoms with van der Waals surface area (Å²) in [6.07, 6.45) is 4.48. The van der Waals surface area contributed by atoms with Crippen molar-refractivity contribution in [3.05, 3.63) is 18.2 Å². The van der Waals surface area contributed by atoms with Crippen molar-refractivity contribution in [3.63, 3.8) is 0 Å². The Morgan fingerprint density at radius 3 is 2.64 bits per heavy atom. The van der Waals surface area contributed by atoms with E-state index in [2.05, 4.69) is 4.98 Å². The second-order valence-electron chi connectivity index (χ2n) is 2.60. The summed E-state index contributed by atoms with van der Waals surface area (Å²) in [6.45, 7) is 0. The molecule has 1 aromatic rings. The molecule has 0 bridgehead atoms. The molecule has 0 unspecified atom stereocenters. The van der Waals surface area contributed by atoms with Gasteiger partial charge in [0.25, 0.3) is 0 Å². The lowest BCUT2D eigenvalue weighted by atomic mass is 10.6. The second-order valence-corrected chi connectivity index (χ2v) is 4.74. The van der Waals surface area contributed by atoms with Gasteiger partial charge in [0.2, 0.25) is 0 Å². The van der Waals surface area contributed by atoms with Crippen molar-refractivity contribution in [1.82, 2.24) is 9.55 Å². The van der Waals surface area contributed by atoms with Crippen LogP contribution >= 0.6 is 0 Å². The van der Waals surface area contributed by atoms with Crippen LogP contribution in [0.5, 0.6) is 0 Å². The fraction of sp³-hybridized carbons (Fsp3) is 0.500. The SMILES string of the molecule is Cn1cnc(CS(C)(=O)=O)c1. The summed E-state index contributed by atoms with van der Waals surface area (Å²) < 4.78 is 23.2. The van der Waals surface area contributed by atoms with Crippen LogP contribution < -0.4 is 0 Å². The minimum absolute atomic E-state index is 0.0217. The van der Waals surface area contributed by atoms with Crippen molar-refractivity contribution in [2.24, 2.45) is 7.05 Å². The molecule has 11 heavy (non-hydrogen) atoms. The summed E-state index contributed by atoms with van der Waals surface area (Å²) >= 11 is 0. The molecule has 0 aromatic carbocycles. The maximum Gasteiger partial charge on any atom is 0.153 e. The highest BCUT2D eigenvalue weighted by atomic mass is 32.2. The lowest BCUT2D eigenvalue weighted by molar-refractivity contribution is 0.600. The number of aromatic nitrogens is 2. The van der Waals surface area contributed by atoms with Crippen molar-refractivity contribution in [2.75, 3.05) is 6.26 Å². The van der Waals surface area contributed by atoms with Gasteiger partial charge in [-0.3, -0.25) is 0 Å². The molecule has 4 nitrogen and oxygen atoms in total. The van der Waals surface area contributed by atoms with Crippen molar-refractivity contribution >= 4 is 9.84 Å². The second kappa shape index (κ2) is 2.65. The predicted molar refractivity (Wildman–Crippen MR) is 41.8 cm³/mol. The zero-order valence-corrected chi connectivity index (χ0v) is 7.30. The summed E-state index contributed by atoms with van der Waals surface area (Å²) in [6, 6.07) is 0. The Bertz CT molecular complexity index is 339. The molecule has 0 saturated heterocycles. The van der Waals surface area contributed by atoms with E-state index in [9.17, 15) is 8.42 Å². The largest absolute Gasteiger partial charge is 0.340 e. The minimum atomic E-state index is -2.94. The van der Waals surface area contributed by atoms with Crippen LogP contribution in [0.15, 0.2) is 12.5 Å². The number of hydrogen-bond acceptors (Lipinski definition) is 3. The van der Waals surface area contributed by atoms with Crippen LogP contribution in [-0.2, 0) is 22.6 Å². The van der Waals surface area contributed by atoms with Crippen LogP contribution in [0.4, 0.5) is 0 Å². The van der Waals surface area contributed by atoms with Crippen LogP contribution in [0.2, 0.25) is 0 Å². The summed E-state index contributed by atoms with van der Waals surface area (Å²) in [5.41, 5.74) is 0.593. The molecule has 0 atom stereocenters. The van der Waals surface area contributed by atoms with Gasteiger partial charge in [0, 0.05) is 19.5 Å². The third-order valence-electron chi connectivity index (χ3n) is 1.17. The summed E-state index contributed by atoms with van der Waals surface area (Å²) in [4.78, 5) is 3.88. The molecule has 0 amide bonds. The van der Waals surface area contributed by atoms with E-state index in [4.69, 9.17) is 0 Å². The predicted octanol–water partition coefficient (Wildman–Crippen LogP) is -0.0353. The molecular weight excluding hydrogens is 164 g/mol. The van der Waals surface area contributed by atoms with Crippen LogP contribution in [0.3, 0.4) is 0 Å². The number of nitrogens with zero attached hydrogens (tertiary/aromatic N) is 2. The Morgan fingerprint density at radius 1 is 1.64 bits per heavy atom. The first-order valence-electron chi connectivity index (χ1n) is 3.12. The molecule has 1 heterocycles. The highest BCUT2D eigenvalue weighted by Gasteiger charge is 2.05. The van der Waals surface area contributed by atoms with Crippen molar-refractivity contribution in [1.29, 1.82) is 0 Å². The van der Waals surface area contributed by atoms with E-state index < -0.39 is 9.84 Å². The molecule has 0 aliphatic rings. The van der Waals surface area contributed by atoms with Gasteiger partial charge in [-0.2, -0.15) is 0 Å². The van der Waals surface area contributed by atoms with Gasteiger partial charge in [-0.25, -0.2) is 13.4 Å². The van der Waals surface area contributed by atoms with Crippen LogP contribution in [0.1, 0.15) is 5.69 Å². The molecule has 0 aliphatic heterocycles. The zero-order chi connectivity index (χ0) is 8.48. The third-order valence-corrected chi connectivity index (χ3v) is 1.99. The fourth-order valence-corrected chi connectivity index (χ4v) is 1.50. The van der Waals surface area contributed by atoms with Crippen molar-refractivity contribution in [2.45, 2.75) is 5.75 Å². The third kappa shape index (κ3) is 2.71. The van der Waals surface area contributed by atoms with E-state index in [1.165, 1.54) is 6.26 Å². The first-order valence-corrected chi connectivity index (χ1v) is 5.18. The highest BCUT2D eigenvalue weighted by Crippen LogP contribution is 1.99. The quantitative estimate of drug-likeness (QED) is 0.632. The molecule has 0 spiro atoms. The van der Waals surface area contributed by atoms with Gasteiger partial charge in [-0.05, 0) is 0 Å². The Labute approximate surface area is 65.8 Å². The highest BCUT2D eigenvalue weighted by molar-refractivity contribution is 7.89. The van der Waals surface area contributed by atoms with Crippen molar-refractivity contribution in [3.8, 4) is 0 Å². The Kier molecular flexibility index (Phi) is 1.99. The lowest BCUT2D eigenvalue weighted by Gasteiger charge is -1.90. The van der Waals surface area contributed by atoms with Crippen molar-refractivity contribution < 1.29 is 8.42 Å². The average molecular weight is 174 g/mol. The molecule has 0 fully saturated rings. The number of sulfone groups is 1. The number of aryl methyl sites for hydroxylation is 1. The first-order chi connectivity index (χ1) is 4.97. The topological polar surface area (TPSA) is 52.0 Å². The average Bonchev–Trinajstić information content (AvgIpc) is 2.10. The maximum absolute atomic E-state index is 10.8. The zero-order valence-electron chi connectivity index (χ0n) is 6.48. The van der Waals surface area contributed by atoms with Crippen LogP contribution in [-0.4, -0.2) is 24.2 Å². The van der Waals surface area contributed by atoms with Gasteiger partial charge in [0.1, 0.15) is 0 Å². The maximum atomic E-state index is 10.8. The smallest absolute Gasteiger partial charge is 0.153 e. The Balaban J connectivity index is 2.81. The van der Waals surface area contributed by atoms with E-state index in [1.807, 2.05) is 0 Å². The van der Waals surface area contributed by atoms with Gasteiger partial charge in [0.05, 0.1) is 17.8 Å². The molecule has 62 valence electrons. The fourth-order valence-electron chi connectivity index (χ4n) is 0.810. The van der Waals surface area contributed by atoms with Crippen LogP contribution in [0.25, 0.3) is 0 Å². The molecule has 0 N–H and O–H groups in total. The monoisotopic (exact) mass is 174 g/mol. The first kappa shape index (κ1) is 8.26. The molecule has 1 rings (SSSR count). The number of hydrogen-bond donors (Lipinski definition) is 0. The van der Waals surface area contributed by atoms with Gasteiger partial charge in [0.15, 0.2) is 9.84 Å². The van der Waals surface area contributed by atoms with Gasteiger partial charge in [-0.1, -0.05) is 0 Å². The van der Waals surface area contributed by atoms with E-state index in [-0.39, 0.29) is 5.75 Å². The Morgan fingerprint density at radius 2 is 2.27 bits per heavy atom. The molecule has 0 saturated carbocycles. The molecule has 1 aromatic heterocycles. The van der Waals surface area contributed by atoms with Gasteiger partial charge in [-0.15, -0.1) is 0 Å². The van der Waals surface area contributed by atoms with Gasteiger partial charge < -0.3 is 4.57 Å². The normalized spacial score (nSPS) is 11.8. The van der Waals surface area contributed by atoms with Gasteiger partial charge >= 0.3 is 0 Å². The summed E-state index contributed by atoms with van der Waals surface area (Å²) in [7, 11) is -1.14. The van der Waals surface area contributed by atoms with E-state index in [1.54, 1.807) is 24.1 Å². The number of rotatable bonds is 2. The summed E-state index contributed by atoms with van der Waals surface area (Å²) in [5.74, 6) is 0.0217. The lowest BCUT2D eigenvalue weighted by Crippen LogP contribution is -2.00. The molecule has 5 heteroatoms. The molecule has 0 aliphatic carbocycles. The molecule has 0 radical (unpaired) electrons. The minimum Gasteiger partial charge on any atom is -0.340 e. The number of imidazole rings is 1. The van der Waals surface area contributed by atoms with E-state index in [0.717, 1.165) is 0 Å². The summed E-state index contributed by atoms with van der Waals surface area (Å²) in [5, 5.41) is 0. The Hall–Kier alpha value is -0.840. The van der Waals surface area contributed by atoms with Crippen LogP contribution in [0, 0.1) is 0 Å². The standard InChI is InChI=1S/C6H10N2O2S/c1-8-3-6(7-5-8)4-11(2,9)10/h3,5H,4H2,1-2H3.